The molecule has 1 aliphatic rings. The normalized spacial score (nSPS) is 21.9. The van der Waals surface area contributed by atoms with Gasteiger partial charge in [0, 0.05) is 26.1 Å². The Hall–Kier alpha value is -1.34. The van der Waals surface area contributed by atoms with Crippen molar-refractivity contribution in [2.24, 2.45) is 0 Å². The molecule has 1 fully saturated rings. The zero-order chi connectivity index (χ0) is 15.0. The lowest BCUT2D eigenvalue weighted by molar-refractivity contribution is -0.144. The van der Waals surface area contributed by atoms with E-state index in [0.29, 0.717) is 19.6 Å². The minimum atomic E-state index is -1.28. The fraction of sp³-hybridized carbons (Fsp3) is 0.846. The van der Waals surface area contributed by atoms with Gasteiger partial charge in [0.2, 0.25) is 0 Å². The molecule has 1 saturated heterocycles. The first-order chi connectivity index (χ1) is 9.54. The van der Waals surface area contributed by atoms with E-state index in [4.69, 9.17) is 4.74 Å². The van der Waals surface area contributed by atoms with Crippen molar-refractivity contribution in [3.05, 3.63) is 0 Å². The summed E-state index contributed by atoms with van der Waals surface area (Å²) in [6, 6.07) is -0.453. The zero-order valence-electron chi connectivity index (χ0n) is 12.3. The molecule has 7 nitrogen and oxygen atoms in total. The molecule has 1 aliphatic heterocycles. The van der Waals surface area contributed by atoms with Crippen LogP contribution in [0.3, 0.4) is 0 Å². The summed E-state index contributed by atoms with van der Waals surface area (Å²) in [6.45, 7) is 7.74. The minimum absolute atomic E-state index is 0.0205. The van der Waals surface area contributed by atoms with Gasteiger partial charge in [-0.05, 0) is 19.5 Å². The number of rotatable bonds is 8. The largest absolute Gasteiger partial charge is 0.479 e. The van der Waals surface area contributed by atoms with Gasteiger partial charge in [-0.2, -0.15) is 0 Å². The van der Waals surface area contributed by atoms with Gasteiger partial charge in [-0.25, -0.2) is 9.59 Å². The summed E-state index contributed by atoms with van der Waals surface area (Å²) in [5.41, 5.74) is -1.28. The van der Waals surface area contributed by atoms with Gasteiger partial charge in [-0.1, -0.05) is 13.8 Å². The van der Waals surface area contributed by atoms with Crippen molar-refractivity contribution in [1.82, 2.24) is 15.5 Å². The Kier molecular flexibility index (Phi) is 6.74. The summed E-state index contributed by atoms with van der Waals surface area (Å²) in [6.07, 6.45) is 1.37. The van der Waals surface area contributed by atoms with Crippen LogP contribution in [0, 0.1) is 0 Å². The number of hydrogen-bond donors (Lipinski definition) is 3. The van der Waals surface area contributed by atoms with E-state index in [1.165, 1.54) is 0 Å². The number of urea groups is 1. The van der Waals surface area contributed by atoms with Crippen LogP contribution in [0.25, 0.3) is 0 Å². The van der Waals surface area contributed by atoms with Crippen molar-refractivity contribution in [2.45, 2.75) is 32.2 Å². The molecule has 0 aliphatic carbocycles. The number of aliphatic carboxylic acids is 1. The first kappa shape index (κ1) is 16.7. The quantitative estimate of drug-likeness (QED) is 0.596. The third-order valence-corrected chi connectivity index (χ3v) is 3.48. The van der Waals surface area contributed by atoms with Crippen molar-refractivity contribution in [1.29, 1.82) is 0 Å². The third kappa shape index (κ3) is 4.64. The molecule has 2 amide bonds. The summed E-state index contributed by atoms with van der Waals surface area (Å²) in [5.74, 6) is -1.05. The molecule has 1 rings (SSSR count). The Morgan fingerprint density at radius 3 is 2.60 bits per heavy atom. The van der Waals surface area contributed by atoms with E-state index in [-0.39, 0.29) is 6.61 Å². The van der Waals surface area contributed by atoms with Crippen LogP contribution < -0.4 is 10.6 Å². The van der Waals surface area contributed by atoms with Gasteiger partial charge < -0.3 is 25.4 Å². The van der Waals surface area contributed by atoms with Crippen LogP contribution in [0.5, 0.6) is 0 Å². The fourth-order valence-corrected chi connectivity index (χ4v) is 2.22. The number of nitrogens with zero attached hydrogens (tertiary/aromatic N) is 1. The van der Waals surface area contributed by atoms with Gasteiger partial charge in [0.1, 0.15) is 0 Å². The monoisotopic (exact) mass is 287 g/mol. The molecule has 0 aromatic carbocycles. The number of carboxylic acid groups (broad SMARTS) is 1. The maximum absolute atomic E-state index is 11.8. The molecule has 0 aromatic heterocycles. The number of carboxylic acids is 1. The van der Waals surface area contributed by atoms with Crippen molar-refractivity contribution in [2.75, 3.05) is 39.4 Å². The number of hydrogen-bond acceptors (Lipinski definition) is 4. The van der Waals surface area contributed by atoms with E-state index in [1.54, 1.807) is 0 Å². The van der Waals surface area contributed by atoms with Gasteiger partial charge in [0.25, 0.3) is 0 Å². The molecule has 7 heteroatoms. The minimum Gasteiger partial charge on any atom is -0.479 e. The second-order valence-electron chi connectivity index (χ2n) is 5.01. The summed E-state index contributed by atoms with van der Waals surface area (Å²) in [7, 11) is 0. The predicted octanol–water partition coefficient (Wildman–Crippen LogP) is 0.261. The summed E-state index contributed by atoms with van der Waals surface area (Å²) in [4.78, 5) is 25.2. The van der Waals surface area contributed by atoms with Crippen molar-refractivity contribution >= 4 is 12.0 Å². The smallest absolute Gasteiger partial charge is 0.332 e. The summed E-state index contributed by atoms with van der Waals surface area (Å²) >= 11 is 0. The van der Waals surface area contributed by atoms with E-state index in [0.717, 1.165) is 26.1 Å². The molecule has 0 saturated carbocycles. The van der Waals surface area contributed by atoms with E-state index in [1.807, 2.05) is 0 Å². The molecule has 116 valence electrons. The third-order valence-electron chi connectivity index (χ3n) is 3.48. The molecular weight excluding hydrogens is 262 g/mol. The molecule has 1 unspecified atom stereocenters. The number of carbonyl (C=O) groups is 2. The first-order valence-electron chi connectivity index (χ1n) is 7.13. The van der Waals surface area contributed by atoms with Crippen LogP contribution >= 0.6 is 0 Å². The second kappa shape index (κ2) is 8.06. The van der Waals surface area contributed by atoms with E-state index < -0.39 is 17.5 Å². The van der Waals surface area contributed by atoms with Crippen LogP contribution in [0.1, 0.15) is 26.7 Å². The highest BCUT2D eigenvalue weighted by Crippen LogP contribution is 2.18. The van der Waals surface area contributed by atoms with Gasteiger partial charge in [-0.15, -0.1) is 0 Å². The number of ether oxygens (including phenoxy) is 1. The van der Waals surface area contributed by atoms with Crippen molar-refractivity contribution in [3.63, 3.8) is 0 Å². The maximum Gasteiger partial charge on any atom is 0.332 e. The number of nitrogens with one attached hydrogen (secondary N) is 2. The molecule has 1 heterocycles. The van der Waals surface area contributed by atoms with E-state index in [9.17, 15) is 14.7 Å². The van der Waals surface area contributed by atoms with Crippen LogP contribution in [-0.2, 0) is 9.53 Å². The van der Waals surface area contributed by atoms with E-state index >= 15 is 0 Å². The van der Waals surface area contributed by atoms with Crippen LogP contribution in [0.4, 0.5) is 4.79 Å². The SMILES string of the molecule is CCCN(CC)CCNC(=O)NC1(C(=O)O)CCOC1. The molecule has 0 aromatic rings. The van der Waals surface area contributed by atoms with Gasteiger partial charge in [-0.3, -0.25) is 0 Å². The van der Waals surface area contributed by atoms with Crippen LogP contribution in [-0.4, -0.2) is 66.9 Å². The Morgan fingerprint density at radius 1 is 1.35 bits per heavy atom. The number of likely N-dealkylation sites (N-methyl/N-ethyl adjacent to an activating group) is 1. The average Bonchev–Trinajstić information content (AvgIpc) is 2.87. The Labute approximate surface area is 119 Å². The summed E-state index contributed by atoms with van der Waals surface area (Å²) in [5, 5.41) is 14.4. The van der Waals surface area contributed by atoms with Crippen molar-refractivity contribution in [3.8, 4) is 0 Å². The van der Waals surface area contributed by atoms with Gasteiger partial charge in [0.05, 0.1) is 6.61 Å². The predicted molar refractivity (Wildman–Crippen MR) is 74.7 cm³/mol. The maximum atomic E-state index is 11.8. The Morgan fingerprint density at radius 2 is 2.10 bits per heavy atom. The van der Waals surface area contributed by atoms with E-state index in [2.05, 4.69) is 29.4 Å². The van der Waals surface area contributed by atoms with Crippen LogP contribution in [0.2, 0.25) is 0 Å². The molecule has 20 heavy (non-hydrogen) atoms. The molecular formula is C13H25N3O4. The highest BCUT2D eigenvalue weighted by atomic mass is 16.5. The number of amides is 2. The zero-order valence-corrected chi connectivity index (χ0v) is 12.3. The topological polar surface area (TPSA) is 90.9 Å². The molecule has 0 radical (unpaired) electrons. The highest BCUT2D eigenvalue weighted by Gasteiger charge is 2.43. The highest BCUT2D eigenvalue weighted by molar-refractivity contribution is 5.86. The molecule has 0 spiro atoms. The van der Waals surface area contributed by atoms with Gasteiger partial charge >= 0.3 is 12.0 Å². The molecule has 3 N–H and O–H groups in total. The first-order valence-corrected chi connectivity index (χ1v) is 7.13. The number of carbonyl (C=O) groups excluding carboxylic acids is 1. The molecule has 0 bridgehead atoms. The Bertz CT molecular complexity index is 330. The Balaban J connectivity index is 2.34. The lowest BCUT2D eigenvalue weighted by Crippen LogP contribution is -2.58. The lowest BCUT2D eigenvalue weighted by Gasteiger charge is -2.24. The fourth-order valence-electron chi connectivity index (χ4n) is 2.22. The van der Waals surface area contributed by atoms with Gasteiger partial charge in [0.15, 0.2) is 5.54 Å². The lowest BCUT2D eigenvalue weighted by atomic mass is 9.99. The van der Waals surface area contributed by atoms with Crippen molar-refractivity contribution < 1.29 is 19.4 Å². The molecule has 1 atom stereocenters. The summed E-state index contributed by atoms with van der Waals surface area (Å²) < 4.78 is 5.08. The second-order valence-corrected chi connectivity index (χ2v) is 5.01. The standard InChI is InChI=1S/C13H25N3O4/c1-3-7-16(4-2)8-6-14-12(19)15-13(11(17)18)5-9-20-10-13/h3-10H2,1-2H3,(H,17,18)(H2,14,15,19). The van der Waals surface area contributed by atoms with Crippen LogP contribution in [0.15, 0.2) is 0 Å². The average molecular weight is 287 g/mol.